The molecule has 1 amide bonds. The van der Waals surface area contributed by atoms with Gasteiger partial charge in [0.25, 0.3) is 0 Å². The third-order valence-electron chi connectivity index (χ3n) is 2.57. The van der Waals surface area contributed by atoms with E-state index in [1.54, 1.807) is 6.92 Å². The van der Waals surface area contributed by atoms with Crippen LogP contribution in [0, 0.1) is 0 Å². The summed E-state index contributed by atoms with van der Waals surface area (Å²) in [5, 5.41) is 2.73. The van der Waals surface area contributed by atoms with E-state index in [9.17, 15) is 4.79 Å². The molecule has 1 aromatic carbocycles. The number of para-hydroxylation sites is 1. The Morgan fingerprint density at radius 3 is 3.19 bits per heavy atom. The first kappa shape index (κ1) is 10.8. The van der Waals surface area contributed by atoms with Crippen LogP contribution >= 0.6 is 0 Å². The highest BCUT2D eigenvalue weighted by Crippen LogP contribution is 2.32. The quantitative estimate of drug-likeness (QED) is 0.848. The molecule has 4 heteroatoms. The lowest BCUT2D eigenvalue weighted by Crippen LogP contribution is -2.29. The zero-order valence-corrected chi connectivity index (χ0v) is 9.23. The number of amides is 1. The monoisotopic (exact) mass is 221 g/mol. The van der Waals surface area contributed by atoms with Crippen molar-refractivity contribution in [2.24, 2.45) is 0 Å². The molecule has 1 aromatic rings. The van der Waals surface area contributed by atoms with Crippen LogP contribution in [0.2, 0.25) is 0 Å². The number of nitrogens with one attached hydrogen (secondary N) is 1. The van der Waals surface area contributed by atoms with Crippen molar-refractivity contribution in [2.45, 2.75) is 12.8 Å². The molecule has 1 aliphatic heterocycles. The Balaban J connectivity index is 1.91. The molecule has 1 heterocycles. The predicted molar refractivity (Wildman–Crippen MR) is 59.7 cm³/mol. The van der Waals surface area contributed by atoms with Crippen LogP contribution < -0.4 is 10.1 Å². The largest absolute Gasteiger partial charge is 0.493 e. The number of benzene rings is 1. The molecule has 0 spiro atoms. The summed E-state index contributed by atoms with van der Waals surface area (Å²) in [5.74, 6) is 1.14. The van der Waals surface area contributed by atoms with Crippen molar-refractivity contribution in [3.8, 4) is 5.75 Å². The van der Waals surface area contributed by atoms with Crippen LogP contribution in [0.3, 0.4) is 0 Å². The summed E-state index contributed by atoms with van der Waals surface area (Å²) < 4.78 is 10.3. The lowest BCUT2D eigenvalue weighted by molar-refractivity contribution is 0.151. The van der Waals surface area contributed by atoms with E-state index in [-0.39, 0.29) is 12.0 Å². The summed E-state index contributed by atoms with van der Waals surface area (Å²) >= 11 is 0. The van der Waals surface area contributed by atoms with Crippen LogP contribution in [-0.4, -0.2) is 25.9 Å². The van der Waals surface area contributed by atoms with E-state index in [2.05, 4.69) is 5.32 Å². The van der Waals surface area contributed by atoms with Gasteiger partial charge < -0.3 is 14.8 Å². The van der Waals surface area contributed by atoms with E-state index in [1.807, 2.05) is 24.3 Å². The van der Waals surface area contributed by atoms with E-state index < -0.39 is 0 Å². The minimum absolute atomic E-state index is 0.223. The standard InChI is InChI=1S/C12H15NO3/c1-2-15-12(14)13-7-9-8-16-11-6-4-3-5-10(9)11/h3-6,9H,2,7-8H2,1H3,(H,13,14). The summed E-state index contributed by atoms with van der Waals surface area (Å²) in [6.45, 7) is 3.35. The Hall–Kier alpha value is -1.71. The second-order valence-electron chi connectivity index (χ2n) is 3.65. The van der Waals surface area contributed by atoms with Gasteiger partial charge in [0.05, 0.1) is 13.2 Å². The van der Waals surface area contributed by atoms with Gasteiger partial charge in [0.15, 0.2) is 0 Å². The number of ether oxygens (including phenoxy) is 2. The van der Waals surface area contributed by atoms with Gasteiger partial charge >= 0.3 is 6.09 Å². The second kappa shape index (κ2) is 4.88. The van der Waals surface area contributed by atoms with Crippen LogP contribution in [0.25, 0.3) is 0 Å². The number of alkyl carbamates (subject to hydrolysis) is 1. The summed E-state index contributed by atoms with van der Waals surface area (Å²) in [4.78, 5) is 11.1. The van der Waals surface area contributed by atoms with Crippen LogP contribution in [0.5, 0.6) is 5.75 Å². The van der Waals surface area contributed by atoms with Gasteiger partial charge in [-0.15, -0.1) is 0 Å². The molecule has 1 N–H and O–H groups in total. The van der Waals surface area contributed by atoms with Gasteiger partial charge in [-0.2, -0.15) is 0 Å². The van der Waals surface area contributed by atoms with Crippen molar-refractivity contribution >= 4 is 6.09 Å². The summed E-state index contributed by atoms with van der Waals surface area (Å²) in [7, 11) is 0. The topological polar surface area (TPSA) is 47.6 Å². The molecule has 1 atom stereocenters. The molecular weight excluding hydrogens is 206 g/mol. The van der Waals surface area contributed by atoms with Gasteiger partial charge in [-0.25, -0.2) is 4.79 Å². The first-order chi connectivity index (χ1) is 7.81. The maximum atomic E-state index is 11.1. The minimum atomic E-state index is -0.369. The molecule has 0 fully saturated rings. The fourth-order valence-electron chi connectivity index (χ4n) is 1.79. The first-order valence-corrected chi connectivity index (χ1v) is 5.43. The smallest absolute Gasteiger partial charge is 0.407 e. The molecule has 4 nitrogen and oxygen atoms in total. The highest BCUT2D eigenvalue weighted by atomic mass is 16.5. The van der Waals surface area contributed by atoms with Crippen molar-refractivity contribution in [1.29, 1.82) is 0 Å². The van der Waals surface area contributed by atoms with E-state index in [0.29, 0.717) is 19.8 Å². The number of carbonyl (C=O) groups is 1. The maximum absolute atomic E-state index is 11.1. The van der Waals surface area contributed by atoms with Crippen molar-refractivity contribution in [3.05, 3.63) is 29.8 Å². The minimum Gasteiger partial charge on any atom is -0.493 e. The summed E-state index contributed by atoms with van der Waals surface area (Å²) in [5.41, 5.74) is 1.15. The van der Waals surface area contributed by atoms with Gasteiger partial charge in [-0.3, -0.25) is 0 Å². The lowest BCUT2D eigenvalue weighted by Gasteiger charge is -2.10. The molecule has 16 heavy (non-hydrogen) atoms. The molecule has 0 aliphatic carbocycles. The molecule has 0 bridgehead atoms. The Bertz CT molecular complexity index is 378. The fraction of sp³-hybridized carbons (Fsp3) is 0.417. The zero-order chi connectivity index (χ0) is 11.4. The van der Waals surface area contributed by atoms with Gasteiger partial charge in [0.2, 0.25) is 0 Å². The van der Waals surface area contributed by atoms with Crippen LogP contribution in [0.4, 0.5) is 4.79 Å². The third kappa shape index (κ3) is 2.27. The van der Waals surface area contributed by atoms with Gasteiger partial charge in [0.1, 0.15) is 5.75 Å². The molecule has 0 saturated carbocycles. The Kier molecular flexibility index (Phi) is 3.29. The molecular formula is C12H15NO3. The highest BCUT2D eigenvalue weighted by molar-refractivity contribution is 5.67. The van der Waals surface area contributed by atoms with E-state index >= 15 is 0 Å². The summed E-state index contributed by atoms with van der Waals surface area (Å²) in [6, 6.07) is 7.89. The van der Waals surface area contributed by atoms with Crippen LogP contribution in [-0.2, 0) is 4.74 Å². The van der Waals surface area contributed by atoms with Gasteiger partial charge in [0, 0.05) is 18.0 Å². The Morgan fingerprint density at radius 1 is 1.56 bits per heavy atom. The molecule has 86 valence electrons. The number of hydrogen-bond donors (Lipinski definition) is 1. The van der Waals surface area contributed by atoms with Crippen molar-refractivity contribution in [3.63, 3.8) is 0 Å². The highest BCUT2D eigenvalue weighted by Gasteiger charge is 2.23. The van der Waals surface area contributed by atoms with E-state index in [0.717, 1.165) is 11.3 Å². The second-order valence-corrected chi connectivity index (χ2v) is 3.65. The average molecular weight is 221 g/mol. The number of hydrogen-bond acceptors (Lipinski definition) is 3. The normalized spacial score (nSPS) is 17.4. The van der Waals surface area contributed by atoms with Gasteiger partial charge in [-0.05, 0) is 13.0 Å². The maximum Gasteiger partial charge on any atom is 0.407 e. The Morgan fingerprint density at radius 2 is 2.38 bits per heavy atom. The van der Waals surface area contributed by atoms with E-state index in [1.165, 1.54) is 0 Å². The van der Waals surface area contributed by atoms with Gasteiger partial charge in [-0.1, -0.05) is 18.2 Å². The SMILES string of the molecule is CCOC(=O)NCC1COc2ccccc21. The fourth-order valence-corrected chi connectivity index (χ4v) is 1.79. The molecule has 1 aliphatic rings. The van der Waals surface area contributed by atoms with Crippen molar-refractivity contribution in [1.82, 2.24) is 5.32 Å². The first-order valence-electron chi connectivity index (χ1n) is 5.43. The average Bonchev–Trinajstić information content (AvgIpc) is 2.70. The van der Waals surface area contributed by atoms with Crippen molar-refractivity contribution < 1.29 is 14.3 Å². The summed E-state index contributed by atoms with van der Waals surface area (Å²) in [6.07, 6.45) is -0.369. The number of rotatable bonds is 3. The predicted octanol–water partition coefficient (Wildman–Crippen LogP) is 1.91. The van der Waals surface area contributed by atoms with E-state index in [4.69, 9.17) is 9.47 Å². The molecule has 0 saturated heterocycles. The van der Waals surface area contributed by atoms with Crippen molar-refractivity contribution in [2.75, 3.05) is 19.8 Å². The molecule has 0 aromatic heterocycles. The molecule has 1 unspecified atom stereocenters. The molecule has 2 rings (SSSR count). The third-order valence-corrected chi connectivity index (χ3v) is 2.57. The molecule has 0 radical (unpaired) electrons. The van der Waals surface area contributed by atoms with Crippen LogP contribution in [0.15, 0.2) is 24.3 Å². The Labute approximate surface area is 94.6 Å². The number of carbonyl (C=O) groups excluding carboxylic acids is 1. The lowest BCUT2D eigenvalue weighted by atomic mass is 10.0. The zero-order valence-electron chi connectivity index (χ0n) is 9.23. The number of fused-ring (bicyclic) bond motifs is 1. The van der Waals surface area contributed by atoms with Crippen LogP contribution in [0.1, 0.15) is 18.4 Å².